The van der Waals surface area contributed by atoms with Crippen LogP contribution in [0.15, 0.2) is 53.9 Å². The third-order valence-electron chi connectivity index (χ3n) is 3.92. The van der Waals surface area contributed by atoms with Crippen LogP contribution in [0.5, 0.6) is 5.75 Å². The number of benzene rings is 2. The van der Waals surface area contributed by atoms with Gasteiger partial charge in [0, 0.05) is 16.6 Å². The standard InChI is InChI=1S/C21H22N2O2S/c1-3-4-16-5-11-19(12-6-16)25-13-21(24)23-18-9-7-17(8-10-18)20-14-26-15(2)22-20/h5-12,14H,3-4,13H2,1-2H3,(H,23,24). The van der Waals surface area contributed by atoms with Crippen molar-refractivity contribution in [2.45, 2.75) is 26.7 Å². The lowest BCUT2D eigenvalue weighted by Crippen LogP contribution is -2.20. The highest BCUT2D eigenvalue weighted by atomic mass is 32.1. The van der Waals surface area contributed by atoms with Crippen LogP contribution in [-0.4, -0.2) is 17.5 Å². The van der Waals surface area contributed by atoms with Gasteiger partial charge in [0.1, 0.15) is 5.75 Å². The molecule has 2 aromatic carbocycles. The Morgan fingerprint density at radius 2 is 1.85 bits per heavy atom. The van der Waals surface area contributed by atoms with Gasteiger partial charge >= 0.3 is 0 Å². The van der Waals surface area contributed by atoms with Crippen LogP contribution in [-0.2, 0) is 11.2 Å². The monoisotopic (exact) mass is 366 g/mol. The number of carbonyl (C=O) groups excluding carboxylic acids is 1. The first-order chi connectivity index (χ1) is 12.6. The Kier molecular flexibility index (Phi) is 6.02. The average Bonchev–Trinajstić information content (AvgIpc) is 3.08. The number of nitrogens with one attached hydrogen (secondary N) is 1. The van der Waals surface area contributed by atoms with Crippen molar-refractivity contribution in [3.05, 3.63) is 64.5 Å². The number of nitrogens with zero attached hydrogens (tertiary/aromatic N) is 1. The third-order valence-corrected chi connectivity index (χ3v) is 4.69. The van der Waals surface area contributed by atoms with Gasteiger partial charge in [-0.2, -0.15) is 0 Å². The molecule has 0 bridgehead atoms. The van der Waals surface area contributed by atoms with Crippen LogP contribution in [0.3, 0.4) is 0 Å². The fraction of sp³-hybridized carbons (Fsp3) is 0.238. The van der Waals surface area contributed by atoms with Crippen molar-refractivity contribution in [1.82, 2.24) is 4.98 Å². The predicted molar refractivity (Wildman–Crippen MR) is 107 cm³/mol. The molecule has 0 unspecified atom stereocenters. The van der Waals surface area contributed by atoms with E-state index in [-0.39, 0.29) is 12.5 Å². The zero-order valence-corrected chi connectivity index (χ0v) is 15.8. The van der Waals surface area contributed by atoms with Crippen molar-refractivity contribution in [3.8, 4) is 17.0 Å². The summed E-state index contributed by atoms with van der Waals surface area (Å²) in [6.07, 6.45) is 2.17. The molecule has 1 N–H and O–H groups in total. The maximum atomic E-state index is 12.1. The number of amides is 1. The Balaban J connectivity index is 1.51. The van der Waals surface area contributed by atoms with Gasteiger partial charge in [0.25, 0.3) is 5.91 Å². The molecule has 3 aromatic rings. The molecule has 3 rings (SSSR count). The summed E-state index contributed by atoms with van der Waals surface area (Å²) in [6, 6.07) is 15.6. The minimum atomic E-state index is -0.181. The molecule has 0 saturated heterocycles. The number of rotatable bonds is 7. The van der Waals surface area contributed by atoms with Crippen molar-refractivity contribution < 1.29 is 9.53 Å². The van der Waals surface area contributed by atoms with E-state index in [1.807, 2.05) is 60.8 Å². The number of anilines is 1. The lowest BCUT2D eigenvalue weighted by atomic mass is 10.1. The molecule has 1 heterocycles. The summed E-state index contributed by atoms with van der Waals surface area (Å²) in [5.41, 5.74) is 4.02. The third kappa shape index (κ3) is 4.92. The largest absolute Gasteiger partial charge is 0.484 e. The SMILES string of the molecule is CCCc1ccc(OCC(=O)Nc2ccc(-c3csc(C)n3)cc2)cc1. The van der Waals surface area contributed by atoms with E-state index >= 15 is 0 Å². The molecule has 5 heteroatoms. The molecule has 0 spiro atoms. The van der Waals surface area contributed by atoms with Gasteiger partial charge < -0.3 is 10.1 Å². The maximum Gasteiger partial charge on any atom is 0.262 e. The number of thiazole rings is 1. The van der Waals surface area contributed by atoms with Crippen molar-refractivity contribution in [2.24, 2.45) is 0 Å². The number of aryl methyl sites for hydroxylation is 2. The summed E-state index contributed by atoms with van der Waals surface area (Å²) in [6.45, 7) is 4.12. The smallest absolute Gasteiger partial charge is 0.262 e. The van der Waals surface area contributed by atoms with Gasteiger partial charge in [-0.05, 0) is 43.2 Å². The second-order valence-electron chi connectivity index (χ2n) is 6.06. The molecule has 0 radical (unpaired) electrons. The van der Waals surface area contributed by atoms with Gasteiger partial charge in [0.15, 0.2) is 6.61 Å². The molecule has 0 fully saturated rings. The van der Waals surface area contributed by atoms with E-state index in [0.29, 0.717) is 5.75 Å². The van der Waals surface area contributed by atoms with Crippen LogP contribution >= 0.6 is 11.3 Å². The van der Waals surface area contributed by atoms with E-state index in [2.05, 4.69) is 17.2 Å². The molecule has 134 valence electrons. The lowest BCUT2D eigenvalue weighted by molar-refractivity contribution is -0.118. The van der Waals surface area contributed by atoms with Gasteiger partial charge in [0.2, 0.25) is 0 Å². The molecule has 0 aliphatic carbocycles. The van der Waals surface area contributed by atoms with E-state index in [1.54, 1.807) is 11.3 Å². The van der Waals surface area contributed by atoms with Crippen LogP contribution in [0, 0.1) is 6.92 Å². The molecular formula is C21H22N2O2S. The number of ether oxygens (including phenoxy) is 1. The van der Waals surface area contributed by atoms with Gasteiger partial charge in [-0.25, -0.2) is 4.98 Å². The number of hydrogen-bond donors (Lipinski definition) is 1. The quantitative estimate of drug-likeness (QED) is 0.634. The zero-order valence-electron chi connectivity index (χ0n) is 15.0. The molecule has 0 atom stereocenters. The Morgan fingerprint density at radius 1 is 1.12 bits per heavy atom. The topological polar surface area (TPSA) is 51.2 Å². The Hall–Kier alpha value is -2.66. The van der Waals surface area contributed by atoms with Crippen molar-refractivity contribution in [3.63, 3.8) is 0 Å². The summed E-state index contributed by atoms with van der Waals surface area (Å²) >= 11 is 1.62. The van der Waals surface area contributed by atoms with Crippen LogP contribution in [0.1, 0.15) is 23.9 Å². The minimum absolute atomic E-state index is 0.0137. The highest BCUT2D eigenvalue weighted by molar-refractivity contribution is 7.09. The first-order valence-corrected chi connectivity index (χ1v) is 9.56. The van der Waals surface area contributed by atoms with E-state index in [9.17, 15) is 4.79 Å². The van der Waals surface area contributed by atoms with Crippen molar-refractivity contribution in [1.29, 1.82) is 0 Å². The summed E-state index contributed by atoms with van der Waals surface area (Å²) in [5, 5.41) is 5.92. The maximum absolute atomic E-state index is 12.1. The van der Waals surface area contributed by atoms with Gasteiger partial charge in [-0.3, -0.25) is 4.79 Å². The summed E-state index contributed by atoms with van der Waals surface area (Å²) in [7, 11) is 0. The Morgan fingerprint density at radius 3 is 2.46 bits per heavy atom. The highest BCUT2D eigenvalue weighted by Crippen LogP contribution is 2.23. The Labute approximate surface area is 157 Å². The second kappa shape index (κ2) is 8.63. The normalized spacial score (nSPS) is 10.5. The van der Waals surface area contributed by atoms with E-state index in [4.69, 9.17) is 4.74 Å². The van der Waals surface area contributed by atoms with Gasteiger partial charge in [-0.15, -0.1) is 11.3 Å². The molecule has 26 heavy (non-hydrogen) atoms. The second-order valence-corrected chi connectivity index (χ2v) is 7.12. The van der Waals surface area contributed by atoms with E-state index < -0.39 is 0 Å². The molecule has 1 amide bonds. The van der Waals surface area contributed by atoms with Crippen molar-refractivity contribution in [2.75, 3.05) is 11.9 Å². The molecule has 0 aliphatic rings. The molecule has 0 aliphatic heterocycles. The number of aromatic nitrogens is 1. The van der Waals surface area contributed by atoms with Gasteiger partial charge in [0.05, 0.1) is 10.7 Å². The molecular weight excluding hydrogens is 344 g/mol. The zero-order chi connectivity index (χ0) is 18.4. The first-order valence-electron chi connectivity index (χ1n) is 8.68. The van der Waals surface area contributed by atoms with Crippen LogP contribution in [0.4, 0.5) is 5.69 Å². The number of carbonyl (C=O) groups is 1. The molecule has 4 nitrogen and oxygen atoms in total. The molecule has 1 aromatic heterocycles. The average molecular weight is 366 g/mol. The summed E-state index contributed by atoms with van der Waals surface area (Å²) in [4.78, 5) is 16.5. The van der Waals surface area contributed by atoms with E-state index in [1.165, 1.54) is 5.56 Å². The van der Waals surface area contributed by atoms with E-state index in [0.717, 1.165) is 34.8 Å². The highest BCUT2D eigenvalue weighted by Gasteiger charge is 2.06. The van der Waals surface area contributed by atoms with Crippen LogP contribution < -0.4 is 10.1 Å². The minimum Gasteiger partial charge on any atom is -0.484 e. The molecule has 0 saturated carbocycles. The summed E-state index contributed by atoms with van der Waals surface area (Å²) in [5.74, 6) is 0.522. The first kappa shape index (κ1) is 18.1. The van der Waals surface area contributed by atoms with Crippen molar-refractivity contribution >= 4 is 22.9 Å². The number of hydrogen-bond acceptors (Lipinski definition) is 4. The van der Waals surface area contributed by atoms with Crippen LogP contribution in [0.25, 0.3) is 11.3 Å². The van der Waals surface area contributed by atoms with Gasteiger partial charge in [-0.1, -0.05) is 37.6 Å². The predicted octanol–water partition coefficient (Wildman–Crippen LogP) is 5.09. The fourth-order valence-corrected chi connectivity index (χ4v) is 3.23. The Bertz CT molecular complexity index is 854. The summed E-state index contributed by atoms with van der Waals surface area (Å²) < 4.78 is 5.55. The lowest BCUT2D eigenvalue weighted by Gasteiger charge is -2.08. The fourth-order valence-electron chi connectivity index (χ4n) is 2.61. The van der Waals surface area contributed by atoms with Crippen LogP contribution in [0.2, 0.25) is 0 Å².